The summed E-state index contributed by atoms with van der Waals surface area (Å²) in [5, 5.41) is 45.2. The van der Waals surface area contributed by atoms with E-state index in [0.29, 0.717) is 5.56 Å². The van der Waals surface area contributed by atoms with Crippen molar-refractivity contribution in [1.82, 2.24) is 4.90 Å². The fourth-order valence-corrected chi connectivity index (χ4v) is 7.65. The lowest BCUT2D eigenvalue weighted by molar-refractivity contribution is -0.153. The molecule has 9 nitrogen and oxygen atoms in total. The summed E-state index contributed by atoms with van der Waals surface area (Å²) in [7, 11) is 3.17. The van der Waals surface area contributed by atoms with E-state index in [1.54, 1.807) is 14.1 Å². The Morgan fingerprint density at radius 2 is 1.75 bits per heavy atom. The molecule has 1 amide bonds. The van der Waals surface area contributed by atoms with Gasteiger partial charge >= 0.3 is 0 Å². The number of benzene rings is 2. The fourth-order valence-electron chi connectivity index (χ4n) is 7.65. The molecule has 2 aromatic carbocycles. The number of ketones is 2. The second-order valence-corrected chi connectivity index (χ2v) is 12.5. The number of fused-ring (bicyclic) bond motifs is 3. The molecule has 4 aliphatic rings. The number of nitrogens with two attached hydrogens (primary N) is 1. The van der Waals surface area contributed by atoms with E-state index in [4.69, 9.17) is 5.73 Å². The molecule has 228 valence electrons. The van der Waals surface area contributed by atoms with Crippen LogP contribution in [0.1, 0.15) is 47.9 Å². The summed E-state index contributed by atoms with van der Waals surface area (Å²) in [5.41, 5.74) is 7.04. The molecule has 1 unspecified atom stereocenters. The number of hydrogen-bond acceptors (Lipinski definition) is 8. The quantitative estimate of drug-likeness (QED) is 0.302. The number of carbonyl (C=O) groups excluding carboxylic acids is 3. The third-order valence-electron chi connectivity index (χ3n) is 9.69. The number of aryl methyl sites for hydroxylation is 1. The molecule has 0 heterocycles. The second kappa shape index (κ2) is 10.9. The van der Waals surface area contributed by atoms with Gasteiger partial charge in [0.25, 0.3) is 5.91 Å². The first-order valence-corrected chi connectivity index (χ1v) is 14.9. The Hall–Kier alpha value is -4.47. The number of allylic oxidation sites excluding steroid dienone is 4. The lowest BCUT2D eigenvalue weighted by Gasteiger charge is -2.50. The zero-order chi connectivity index (χ0) is 31.5. The molecule has 0 aliphatic heterocycles. The maximum Gasteiger partial charge on any atom is 0.255 e. The number of aromatic hydroxyl groups is 1. The number of likely N-dealkylation sites (N-methyl/N-ethyl adjacent to an activating group) is 1. The highest BCUT2D eigenvalue weighted by atomic mass is 16.3. The van der Waals surface area contributed by atoms with Gasteiger partial charge in [0.15, 0.2) is 11.4 Å². The first kappa shape index (κ1) is 29.6. The fraction of sp³-hybridized carbons (Fsp3) is 0.343. The van der Waals surface area contributed by atoms with Gasteiger partial charge in [0.1, 0.15) is 22.8 Å². The van der Waals surface area contributed by atoms with Crippen LogP contribution >= 0.6 is 0 Å². The number of aliphatic hydroxyl groups excluding tert-OH is 2. The molecule has 0 spiro atoms. The Kier molecular flexibility index (Phi) is 7.34. The minimum Gasteiger partial charge on any atom is -0.508 e. The standard InChI is InChI=1S/C35H36N2O7/c1-37(2)29-24-17-21-16-23-22(20-12-11-19(15-20)10-6-9-18-7-4-3-5-8-18)13-14-25(38)27(23)30(39)26(21)32(41)35(24,44)33(42)28(31(29)40)34(36)43/h3-5,7-8,11-14,21,24,29,38-39,42,44H,6,9-10,15-17H2,1-2H3,(H2,36,43)/t21-,24-,29?,35-/m1/s1. The highest BCUT2D eigenvalue weighted by Crippen LogP contribution is 2.53. The Balaban J connectivity index is 1.34. The monoisotopic (exact) mass is 596 g/mol. The summed E-state index contributed by atoms with van der Waals surface area (Å²) in [5.74, 6) is -6.53. The van der Waals surface area contributed by atoms with Gasteiger partial charge in [0, 0.05) is 11.5 Å². The molecule has 0 radical (unpaired) electrons. The molecule has 1 fully saturated rings. The molecule has 6 rings (SSSR count). The Morgan fingerprint density at radius 3 is 2.43 bits per heavy atom. The molecule has 0 saturated heterocycles. The Labute approximate surface area is 255 Å². The smallest absolute Gasteiger partial charge is 0.255 e. The van der Waals surface area contributed by atoms with E-state index in [2.05, 4.69) is 24.3 Å². The predicted molar refractivity (Wildman–Crippen MR) is 164 cm³/mol. The average molecular weight is 597 g/mol. The third-order valence-corrected chi connectivity index (χ3v) is 9.69. The van der Waals surface area contributed by atoms with E-state index in [0.717, 1.165) is 36.8 Å². The van der Waals surface area contributed by atoms with Crippen LogP contribution in [0, 0.1) is 11.8 Å². The van der Waals surface area contributed by atoms with Crippen LogP contribution in [0.3, 0.4) is 0 Å². The van der Waals surface area contributed by atoms with Crippen LogP contribution in [0.15, 0.2) is 77.1 Å². The number of Topliss-reactive ketones (excluding diaryl/α,β-unsaturated/α-hetero) is 2. The van der Waals surface area contributed by atoms with Crippen molar-refractivity contribution in [2.24, 2.45) is 17.6 Å². The number of nitrogens with zero attached hydrogens (tertiary/aromatic N) is 1. The van der Waals surface area contributed by atoms with Crippen LogP contribution in [0.4, 0.5) is 0 Å². The number of primary amides is 1. The summed E-state index contributed by atoms with van der Waals surface area (Å²) in [6.07, 6.45) is 8.15. The Bertz CT molecular complexity index is 1720. The van der Waals surface area contributed by atoms with Crippen LogP contribution in [-0.2, 0) is 27.2 Å². The van der Waals surface area contributed by atoms with Crippen molar-refractivity contribution in [3.63, 3.8) is 0 Å². The minimum absolute atomic E-state index is 0.0584. The topological polar surface area (TPSA) is 161 Å². The highest BCUT2D eigenvalue weighted by Gasteiger charge is 2.64. The number of phenolic OH excluding ortho intramolecular Hbond substituents is 1. The van der Waals surface area contributed by atoms with Crippen LogP contribution in [0.5, 0.6) is 5.75 Å². The summed E-state index contributed by atoms with van der Waals surface area (Å²) in [6, 6.07) is 12.5. The summed E-state index contributed by atoms with van der Waals surface area (Å²) in [6.45, 7) is 0. The third kappa shape index (κ3) is 4.50. The zero-order valence-corrected chi connectivity index (χ0v) is 24.7. The van der Waals surface area contributed by atoms with Crippen LogP contribution in [-0.4, -0.2) is 68.5 Å². The van der Waals surface area contributed by atoms with Crippen molar-refractivity contribution in [3.05, 3.63) is 99.3 Å². The van der Waals surface area contributed by atoms with Crippen molar-refractivity contribution < 1.29 is 34.8 Å². The lowest BCUT2D eigenvalue weighted by atomic mass is 9.57. The molecular formula is C35H36N2O7. The van der Waals surface area contributed by atoms with E-state index in [9.17, 15) is 34.8 Å². The maximum absolute atomic E-state index is 14.0. The van der Waals surface area contributed by atoms with Crippen LogP contribution in [0.25, 0.3) is 11.3 Å². The van der Waals surface area contributed by atoms with E-state index in [1.165, 1.54) is 22.1 Å². The second-order valence-electron chi connectivity index (χ2n) is 12.5. The Morgan fingerprint density at radius 1 is 1.02 bits per heavy atom. The van der Waals surface area contributed by atoms with E-state index in [-0.39, 0.29) is 29.7 Å². The molecular weight excluding hydrogens is 560 g/mol. The van der Waals surface area contributed by atoms with Gasteiger partial charge in [0.2, 0.25) is 5.78 Å². The summed E-state index contributed by atoms with van der Waals surface area (Å²) >= 11 is 0. The number of amides is 1. The molecule has 0 aromatic heterocycles. The van der Waals surface area contributed by atoms with Crippen LogP contribution in [0.2, 0.25) is 0 Å². The summed E-state index contributed by atoms with van der Waals surface area (Å²) < 4.78 is 0. The average Bonchev–Trinajstić information content (AvgIpc) is 3.44. The van der Waals surface area contributed by atoms with E-state index < -0.39 is 58.0 Å². The molecule has 1 saturated carbocycles. The first-order chi connectivity index (χ1) is 20.9. The molecule has 9 heteroatoms. The normalized spacial score (nSPS) is 26.3. The van der Waals surface area contributed by atoms with Gasteiger partial charge in [-0.05, 0) is 86.9 Å². The van der Waals surface area contributed by atoms with Gasteiger partial charge in [-0.3, -0.25) is 19.3 Å². The highest BCUT2D eigenvalue weighted by molar-refractivity contribution is 6.24. The van der Waals surface area contributed by atoms with Gasteiger partial charge in [-0.1, -0.05) is 54.1 Å². The van der Waals surface area contributed by atoms with Gasteiger partial charge in [-0.25, -0.2) is 0 Å². The molecule has 6 N–H and O–H groups in total. The van der Waals surface area contributed by atoms with Gasteiger partial charge < -0.3 is 26.2 Å². The molecule has 4 atom stereocenters. The lowest BCUT2D eigenvalue weighted by Crippen LogP contribution is -2.65. The van der Waals surface area contributed by atoms with Crippen molar-refractivity contribution in [2.45, 2.75) is 50.2 Å². The molecule has 4 aliphatic carbocycles. The van der Waals surface area contributed by atoms with Crippen LogP contribution < -0.4 is 5.73 Å². The number of hydrogen-bond donors (Lipinski definition) is 5. The number of phenols is 1. The first-order valence-electron chi connectivity index (χ1n) is 14.9. The largest absolute Gasteiger partial charge is 0.508 e. The molecule has 0 bridgehead atoms. The molecule has 44 heavy (non-hydrogen) atoms. The van der Waals surface area contributed by atoms with Crippen molar-refractivity contribution in [3.8, 4) is 5.75 Å². The molecule has 2 aromatic rings. The zero-order valence-electron chi connectivity index (χ0n) is 24.7. The minimum atomic E-state index is -2.65. The van der Waals surface area contributed by atoms with E-state index in [1.807, 2.05) is 24.3 Å². The maximum atomic E-state index is 14.0. The van der Waals surface area contributed by atoms with Gasteiger partial charge in [-0.2, -0.15) is 0 Å². The van der Waals surface area contributed by atoms with Gasteiger partial charge in [0.05, 0.1) is 11.6 Å². The number of carbonyl (C=O) groups is 3. The number of aliphatic hydroxyl groups is 3. The predicted octanol–water partition coefficient (Wildman–Crippen LogP) is 3.70. The SMILES string of the molecule is CN(C)C1C(=O)C(C(N)=O)=C(O)[C@]2(O)C(=O)C3=C(O)c4c(O)ccc(C5=CC=C(CCCc6ccccc6)C5)c4C[C@@H]3C[C@H]12. The van der Waals surface area contributed by atoms with Gasteiger partial charge in [-0.15, -0.1) is 0 Å². The van der Waals surface area contributed by atoms with Crippen molar-refractivity contribution in [1.29, 1.82) is 0 Å². The summed E-state index contributed by atoms with van der Waals surface area (Å²) in [4.78, 5) is 41.0. The number of rotatable bonds is 7. The van der Waals surface area contributed by atoms with E-state index >= 15 is 0 Å². The van der Waals surface area contributed by atoms with Crippen molar-refractivity contribution in [2.75, 3.05) is 14.1 Å². The van der Waals surface area contributed by atoms with Crippen molar-refractivity contribution >= 4 is 28.8 Å².